The van der Waals surface area contributed by atoms with E-state index in [9.17, 15) is 9.50 Å². The number of phenolic OH excluding ortho intramolecular Hbond substituents is 1. The highest BCUT2D eigenvalue weighted by Crippen LogP contribution is 2.35. The standard InChI is InChI=1S/C8H4ClFOS/c9-5-3-6-4(1-2-12-6)8(11)7(5)10/h1-3,11H. The van der Waals surface area contributed by atoms with E-state index in [0.29, 0.717) is 5.39 Å². The molecule has 0 bridgehead atoms. The highest BCUT2D eigenvalue weighted by atomic mass is 35.5. The van der Waals surface area contributed by atoms with Crippen LogP contribution in [0.1, 0.15) is 0 Å². The van der Waals surface area contributed by atoms with Crippen LogP contribution in [0.2, 0.25) is 5.02 Å². The second kappa shape index (κ2) is 2.61. The molecule has 0 fully saturated rings. The van der Waals surface area contributed by atoms with E-state index < -0.39 is 5.82 Å². The third-order valence-electron chi connectivity index (χ3n) is 1.63. The molecular weight excluding hydrogens is 199 g/mol. The van der Waals surface area contributed by atoms with Crippen LogP contribution in [0.15, 0.2) is 17.5 Å². The van der Waals surface area contributed by atoms with Gasteiger partial charge in [0, 0.05) is 10.1 Å². The molecule has 12 heavy (non-hydrogen) atoms. The van der Waals surface area contributed by atoms with Gasteiger partial charge in [-0.15, -0.1) is 11.3 Å². The highest BCUT2D eigenvalue weighted by Gasteiger charge is 2.11. The summed E-state index contributed by atoms with van der Waals surface area (Å²) in [6.07, 6.45) is 0. The summed E-state index contributed by atoms with van der Waals surface area (Å²) in [6.45, 7) is 0. The number of aromatic hydroxyl groups is 1. The van der Waals surface area contributed by atoms with Crippen molar-refractivity contribution >= 4 is 33.0 Å². The van der Waals surface area contributed by atoms with Gasteiger partial charge in [-0.1, -0.05) is 11.6 Å². The van der Waals surface area contributed by atoms with Crippen molar-refractivity contribution < 1.29 is 9.50 Å². The molecule has 2 aromatic rings. The van der Waals surface area contributed by atoms with Crippen LogP contribution in [0, 0.1) is 5.82 Å². The first-order valence-electron chi connectivity index (χ1n) is 3.24. The molecule has 1 nitrogen and oxygen atoms in total. The maximum atomic E-state index is 13.0. The first-order valence-corrected chi connectivity index (χ1v) is 4.50. The summed E-state index contributed by atoms with van der Waals surface area (Å²) in [4.78, 5) is 0. The van der Waals surface area contributed by atoms with Gasteiger partial charge < -0.3 is 5.11 Å². The van der Waals surface area contributed by atoms with E-state index in [4.69, 9.17) is 11.6 Å². The van der Waals surface area contributed by atoms with Crippen LogP contribution in [0.5, 0.6) is 5.75 Å². The molecule has 0 spiro atoms. The Balaban J connectivity index is 2.94. The van der Waals surface area contributed by atoms with Crippen LogP contribution in [0.3, 0.4) is 0 Å². The highest BCUT2D eigenvalue weighted by molar-refractivity contribution is 7.17. The number of hydrogen-bond acceptors (Lipinski definition) is 2. The molecule has 1 N–H and O–H groups in total. The van der Waals surface area contributed by atoms with Crippen LogP contribution in [-0.4, -0.2) is 5.11 Å². The quantitative estimate of drug-likeness (QED) is 0.694. The van der Waals surface area contributed by atoms with Gasteiger partial charge in [-0.3, -0.25) is 0 Å². The molecule has 0 unspecified atom stereocenters. The van der Waals surface area contributed by atoms with E-state index in [0.717, 1.165) is 4.70 Å². The smallest absolute Gasteiger partial charge is 0.184 e. The van der Waals surface area contributed by atoms with Crippen LogP contribution < -0.4 is 0 Å². The van der Waals surface area contributed by atoms with Crippen molar-refractivity contribution in [1.82, 2.24) is 0 Å². The second-order valence-corrected chi connectivity index (χ2v) is 3.71. The average Bonchev–Trinajstić information content (AvgIpc) is 2.48. The summed E-state index contributed by atoms with van der Waals surface area (Å²) in [6, 6.07) is 3.17. The summed E-state index contributed by atoms with van der Waals surface area (Å²) in [5.74, 6) is -1.11. The molecule has 0 aliphatic heterocycles. The van der Waals surface area contributed by atoms with Crippen molar-refractivity contribution in [3.63, 3.8) is 0 Å². The molecule has 1 aromatic heterocycles. The van der Waals surface area contributed by atoms with Crippen molar-refractivity contribution in [1.29, 1.82) is 0 Å². The predicted molar refractivity (Wildman–Crippen MR) is 48.5 cm³/mol. The number of rotatable bonds is 0. The van der Waals surface area contributed by atoms with Gasteiger partial charge in [0.1, 0.15) is 0 Å². The van der Waals surface area contributed by atoms with Crippen LogP contribution >= 0.6 is 22.9 Å². The van der Waals surface area contributed by atoms with Gasteiger partial charge in [0.05, 0.1) is 5.02 Å². The third-order valence-corrected chi connectivity index (χ3v) is 2.76. The normalized spacial score (nSPS) is 10.8. The first kappa shape index (κ1) is 7.83. The third kappa shape index (κ3) is 0.974. The molecule has 0 radical (unpaired) electrons. The predicted octanol–water partition coefficient (Wildman–Crippen LogP) is 3.40. The molecule has 1 heterocycles. The average molecular weight is 203 g/mol. The molecule has 0 saturated carbocycles. The van der Waals surface area contributed by atoms with E-state index >= 15 is 0 Å². The van der Waals surface area contributed by atoms with Crippen LogP contribution in [0.4, 0.5) is 4.39 Å². The Hall–Kier alpha value is -0.800. The molecule has 1 aromatic carbocycles. The molecule has 0 atom stereocenters. The van der Waals surface area contributed by atoms with Gasteiger partial charge in [0.15, 0.2) is 11.6 Å². The van der Waals surface area contributed by atoms with Crippen LogP contribution in [0.25, 0.3) is 10.1 Å². The number of phenols is 1. The van der Waals surface area contributed by atoms with E-state index in [1.165, 1.54) is 17.4 Å². The summed E-state index contributed by atoms with van der Waals surface area (Å²) in [7, 11) is 0. The van der Waals surface area contributed by atoms with Gasteiger partial charge >= 0.3 is 0 Å². The second-order valence-electron chi connectivity index (χ2n) is 2.35. The molecule has 62 valence electrons. The van der Waals surface area contributed by atoms with Crippen molar-refractivity contribution in [2.24, 2.45) is 0 Å². The molecule has 0 aliphatic rings. The number of fused-ring (bicyclic) bond motifs is 1. The van der Waals surface area contributed by atoms with E-state index in [2.05, 4.69) is 0 Å². The SMILES string of the molecule is Oc1c(F)c(Cl)cc2sccc12. The minimum Gasteiger partial charge on any atom is -0.504 e. The lowest BCUT2D eigenvalue weighted by Crippen LogP contribution is -1.77. The minimum atomic E-state index is -0.748. The molecule has 4 heteroatoms. The fraction of sp³-hybridized carbons (Fsp3) is 0. The minimum absolute atomic E-state index is 0.0394. The first-order chi connectivity index (χ1) is 5.70. The fourth-order valence-corrected chi connectivity index (χ4v) is 2.13. The monoisotopic (exact) mass is 202 g/mol. The fourth-order valence-electron chi connectivity index (χ4n) is 1.04. The molecule has 0 amide bonds. The summed E-state index contributed by atoms with van der Waals surface area (Å²) < 4.78 is 13.8. The summed E-state index contributed by atoms with van der Waals surface area (Å²) in [5, 5.41) is 11.5. The molecule has 0 saturated heterocycles. The van der Waals surface area contributed by atoms with Crippen LogP contribution in [-0.2, 0) is 0 Å². The Labute approximate surface area is 77.0 Å². The van der Waals surface area contributed by atoms with Gasteiger partial charge in [0.2, 0.25) is 0 Å². The maximum absolute atomic E-state index is 13.0. The summed E-state index contributed by atoms with van der Waals surface area (Å²) in [5.41, 5.74) is 0. The Morgan fingerprint density at radius 2 is 2.25 bits per heavy atom. The number of hydrogen-bond donors (Lipinski definition) is 1. The Bertz CT molecular complexity index is 438. The lowest BCUT2D eigenvalue weighted by atomic mass is 10.2. The Kier molecular flexibility index (Phi) is 1.70. The number of thiophene rings is 1. The zero-order chi connectivity index (χ0) is 8.72. The van der Waals surface area contributed by atoms with Crippen molar-refractivity contribution in [2.45, 2.75) is 0 Å². The lowest BCUT2D eigenvalue weighted by Gasteiger charge is -1.98. The lowest BCUT2D eigenvalue weighted by molar-refractivity contribution is 0.439. The zero-order valence-corrected chi connectivity index (χ0v) is 7.42. The van der Waals surface area contributed by atoms with Gasteiger partial charge in [0.25, 0.3) is 0 Å². The molecule has 0 aliphatic carbocycles. The van der Waals surface area contributed by atoms with E-state index in [1.54, 1.807) is 11.4 Å². The zero-order valence-electron chi connectivity index (χ0n) is 5.84. The maximum Gasteiger partial charge on any atom is 0.184 e. The largest absolute Gasteiger partial charge is 0.504 e. The topological polar surface area (TPSA) is 20.2 Å². The number of benzene rings is 1. The van der Waals surface area contributed by atoms with Gasteiger partial charge in [-0.2, -0.15) is 0 Å². The van der Waals surface area contributed by atoms with Crippen molar-refractivity contribution in [2.75, 3.05) is 0 Å². The number of halogens is 2. The van der Waals surface area contributed by atoms with E-state index in [1.807, 2.05) is 0 Å². The Morgan fingerprint density at radius 1 is 1.50 bits per heavy atom. The summed E-state index contributed by atoms with van der Waals surface area (Å²) >= 11 is 6.93. The molecular formula is C8H4ClFOS. The molecule has 2 rings (SSSR count). The van der Waals surface area contributed by atoms with Gasteiger partial charge in [-0.25, -0.2) is 4.39 Å². The van der Waals surface area contributed by atoms with Crippen molar-refractivity contribution in [3.8, 4) is 5.75 Å². The van der Waals surface area contributed by atoms with Gasteiger partial charge in [-0.05, 0) is 17.5 Å². The Morgan fingerprint density at radius 3 is 3.00 bits per heavy atom. The van der Waals surface area contributed by atoms with E-state index in [-0.39, 0.29) is 10.8 Å². The van der Waals surface area contributed by atoms with Crippen molar-refractivity contribution in [3.05, 3.63) is 28.4 Å².